The number of fused-ring (bicyclic) bond motifs is 1. The van der Waals surface area contributed by atoms with E-state index in [1.54, 1.807) is 11.3 Å². The molecule has 0 spiro atoms. The molecule has 1 aromatic heterocycles. The largest absolute Gasteiger partial charge is 0.488 e. The van der Waals surface area contributed by atoms with Crippen molar-refractivity contribution in [1.82, 2.24) is 10.3 Å². The molecule has 0 radical (unpaired) electrons. The molecular weight excluding hydrogens is 434 g/mol. The van der Waals surface area contributed by atoms with Crippen LogP contribution in [0.1, 0.15) is 66.1 Å². The van der Waals surface area contributed by atoms with Gasteiger partial charge in [-0.3, -0.25) is 4.79 Å². The summed E-state index contributed by atoms with van der Waals surface area (Å²) in [5.74, 6) is 0.700. The number of ether oxygens (including phenoxy) is 1. The standard InChI is InChI=1S/C26H29N3O3S/c1-2-27-25(31)17-8-3-7-16(15-17)19-11-5-12-20(24(19)32-18-9-4-10-18)28-26-29-23-21(30)13-6-14-22(23)33-26/h3,5,7-8,11-12,15,18,21,30H,2,4,6,9-10,13-14H2,1H3,(H,27,31)(H,28,29). The number of hydrogen-bond donors (Lipinski definition) is 3. The predicted molar refractivity (Wildman–Crippen MR) is 131 cm³/mol. The lowest BCUT2D eigenvalue weighted by molar-refractivity contribution is 0.0955. The molecule has 172 valence electrons. The van der Waals surface area contributed by atoms with Crippen LogP contribution in [-0.4, -0.2) is 28.6 Å². The summed E-state index contributed by atoms with van der Waals surface area (Å²) in [5, 5.41) is 17.4. The molecular formula is C26H29N3O3S. The van der Waals surface area contributed by atoms with Gasteiger partial charge in [0.25, 0.3) is 5.91 Å². The summed E-state index contributed by atoms with van der Waals surface area (Å²) >= 11 is 1.60. The van der Waals surface area contributed by atoms with Crippen LogP contribution < -0.4 is 15.4 Å². The van der Waals surface area contributed by atoms with Gasteiger partial charge in [0, 0.05) is 22.5 Å². The molecule has 3 aromatic rings. The number of anilines is 2. The number of para-hydroxylation sites is 1. The summed E-state index contributed by atoms with van der Waals surface area (Å²) < 4.78 is 6.47. The van der Waals surface area contributed by atoms with Crippen LogP contribution in [0.15, 0.2) is 42.5 Å². The van der Waals surface area contributed by atoms with E-state index >= 15 is 0 Å². The number of thiazole rings is 1. The third-order valence-electron chi connectivity index (χ3n) is 6.29. The molecule has 6 nitrogen and oxygen atoms in total. The first-order valence-electron chi connectivity index (χ1n) is 11.8. The number of aromatic nitrogens is 1. The summed E-state index contributed by atoms with van der Waals surface area (Å²) in [5.41, 5.74) is 4.17. The van der Waals surface area contributed by atoms with Gasteiger partial charge in [-0.05, 0) is 69.2 Å². The minimum absolute atomic E-state index is 0.0815. The summed E-state index contributed by atoms with van der Waals surface area (Å²) in [7, 11) is 0. The average molecular weight is 464 g/mol. The van der Waals surface area contributed by atoms with Crippen LogP contribution in [0, 0.1) is 0 Å². The summed E-state index contributed by atoms with van der Waals surface area (Å²) in [4.78, 5) is 18.2. The van der Waals surface area contributed by atoms with Gasteiger partial charge in [-0.1, -0.05) is 24.3 Å². The van der Waals surface area contributed by atoms with E-state index in [0.29, 0.717) is 12.1 Å². The highest BCUT2D eigenvalue weighted by Crippen LogP contribution is 2.42. The number of aryl methyl sites for hydroxylation is 1. The van der Waals surface area contributed by atoms with E-state index in [1.807, 2.05) is 49.4 Å². The van der Waals surface area contributed by atoms with Crippen LogP contribution in [0.4, 0.5) is 10.8 Å². The van der Waals surface area contributed by atoms with E-state index in [-0.39, 0.29) is 12.0 Å². The normalized spacial score (nSPS) is 17.7. The predicted octanol–water partition coefficient (Wildman–Crippen LogP) is 5.60. The molecule has 2 aliphatic carbocycles. The SMILES string of the molecule is CCNC(=O)c1cccc(-c2cccc(Nc3nc4c(s3)CCCC4O)c2OC2CCC2)c1. The topological polar surface area (TPSA) is 83.5 Å². The van der Waals surface area contributed by atoms with Crippen molar-refractivity contribution in [3.63, 3.8) is 0 Å². The first kappa shape index (κ1) is 21.9. The Bertz CT molecular complexity index is 1160. The fourth-order valence-corrected chi connectivity index (χ4v) is 5.37. The number of nitrogens with zero attached hydrogens (tertiary/aromatic N) is 1. The molecule has 0 saturated heterocycles. The zero-order chi connectivity index (χ0) is 22.8. The minimum Gasteiger partial charge on any atom is -0.488 e. The Kier molecular flexibility index (Phi) is 6.33. The maximum Gasteiger partial charge on any atom is 0.251 e. The quantitative estimate of drug-likeness (QED) is 0.425. The van der Waals surface area contributed by atoms with E-state index in [4.69, 9.17) is 9.72 Å². The van der Waals surface area contributed by atoms with Crippen molar-refractivity contribution in [3.05, 3.63) is 58.6 Å². The van der Waals surface area contributed by atoms with Crippen molar-refractivity contribution in [1.29, 1.82) is 0 Å². The second-order valence-electron chi connectivity index (χ2n) is 8.65. The third-order valence-corrected chi connectivity index (χ3v) is 7.34. The second-order valence-corrected chi connectivity index (χ2v) is 9.74. The Morgan fingerprint density at radius 3 is 2.79 bits per heavy atom. The zero-order valence-corrected chi connectivity index (χ0v) is 19.6. The number of nitrogens with one attached hydrogen (secondary N) is 2. The molecule has 1 fully saturated rings. The molecule has 1 atom stereocenters. The van der Waals surface area contributed by atoms with Crippen molar-refractivity contribution in [2.75, 3.05) is 11.9 Å². The van der Waals surface area contributed by atoms with Crippen LogP contribution in [0.2, 0.25) is 0 Å². The van der Waals surface area contributed by atoms with Gasteiger partial charge < -0.3 is 20.5 Å². The number of hydrogen-bond acceptors (Lipinski definition) is 6. The first-order chi connectivity index (χ1) is 16.1. The number of amides is 1. The zero-order valence-electron chi connectivity index (χ0n) is 18.8. The van der Waals surface area contributed by atoms with Gasteiger partial charge >= 0.3 is 0 Å². The van der Waals surface area contributed by atoms with E-state index in [0.717, 1.165) is 70.4 Å². The Balaban J connectivity index is 1.51. The molecule has 1 unspecified atom stereocenters. The fraction of sp³-hybridized carbons (Fsp3) is 0.385. The molecule has 3 N–H and O–H groups in total. The number of carbonyl (C=O) groups is 1. The van der Waals surface area contributed by atoms with E-state index in [2.05, 4.69) is 10.6 Å². The van der Waals surface area contributed by atoms with Crippen LogP contribution in [0.3, 0.4) is 0 Å². The van der Waals surface area contributed by atoms with Gasteiger partial charge in [0.1, 0.15) is 0 Å². The second kappa shape index (κ2) is 9.53. The Morgan fingerprint density at radius 2 is 2.03 bits per heavy atom. The van der Waals surface area contributed by atoms with E-state index < -0.39 is 6.10 Å². The molecule has 1 amide bonds. The highest BCUT2D eigenvalue weighted by Gasteiger charge is 2.25. The highest BCUT2D eigenvalue weighted by atomic mass is 32.1. The molecule has 0 aliphatic heterocycles. The van der Waals surface area contributed by atoms with Gasteiger partial charge in [0.05, 0.1) is 23.6 Å². The molecule has 5 rings (SSSR count). The Hall–Kier alpha value is -2.90. The van der Waals surface area contributed by atoms with Crippen LogP contribution in [0.25, 0.3) is 11.1 Å². The third kappa shape index (κ3) is 4.61. The number of benzene rings is 2. The number of rotatable bonds is 7. The number of aliphatic hydroxyl groups is 1. The maximum atomic E-state index is 12.4. The highest BCUT2D eigenvalue weighted by molar-refractivity contribution is 7.15. The monoisotopic (exact) mass is 463 g/mol. The van der Waals surface area contributed by atoms with Crippen LogP contribution in [0.5, 0.6) is 5.75 Å². The lowest BCUT2D eigenvalue weighted by atomic mass is 9.95. The van der Waals surface area contributed by atoms with Crippen LogP contribution >= 0.6 is 11.3 Å². The summed E-state index contributed by atoms with van der Waals surface area (Å²) in [6.45, 7) is 2.50. The fourth-order valence-electron chi connectivity index (χ4n) is 4.30. The number of carbonyl (C=O) groups excluding carboxylic acids is 1. The van der Waals surface area contributed by atoms with Crippen molar-refractivity contribution >= 4 is 28.1 Å². The Morgan fingerprint density at radius 1 is 1.18 bits per heavy atom. The first-order valence-corrected chi connectivity index (χ1v) is 12.6. The molecule has 1 heterocycles. The molecule has 1 saturated carbocycles. The van der Waals surface area contributed by atoms with Crippen molar-refractivity contribution in [3.8, 4) is 16.9 Å². The molecule has 0 bridgehead atoms. The van der Waals surface area contributed by atoms with Gasteiger partial charge in [-0.25, -0.2) is 4.98 Å². The van der Waals surface area contributed by atoms with E-state index in [9.17, 15) is 9.90 Å². The lowest BCUT2D eigenvalue weighted by Crippen LogP contribution is -2.25. The number of aliphatic hydroxyl groups excluding tert-OH is 1. The average Bonchev–Trinajstić information content (AvgIpc) is 3.21. The van der Waals surface area contributed by atoms with Crippen molar-refractivity contribution in [2.24, 2.45) is 0 Å². The molecule has 33 heavy (non-hydrogen) atoms. The van der Waals surface area contributed by atoms with E-state index in [1.165, 1.54) is 6.42 Å². The smallest absolute Gasteiger partial charge is 0.251 e. The van der Waals surface area contributed by atoms with Crippen LogP contribution in [-0.2, 0) is 6.42 Å². The van der Waals surface area contributed by atoms with Crippen molar-refractivity contribution < 1.29 is 14.6 Å². The molecule has 7 heteroatoms. The van der Waals surface area contributed by atoms with Gasteiger partial charge in [-0.15, -0.1) is 11.3 Å². The Labute approximate surface area is 198 Å². The molecule has 2 aromatic carbocycles. The maximum absolute atomic E-state index is 12.4. The van der Waals surface area contributed by atoms with Gasteiger partial charge in [-0.2, -0.15) is 0 Å². The molecule has 2 aliphatic rings. The lowest BCUT2D eigenvalue weighted by Gasteiger charge is -2.29. The summed E-state index contributed by atoms with van der Waals surface area (Å²) in [6.07, 6.45) is 5.71. The van der Waals surface area contributed by atoms with Crippen molar-refractivity contribution in [2.45, 2.75) is 57.7 Å². The van der Waals surface area contributed by atoms with Gasteiger partial charge in [0.15, 0.2) is 10.9 Å². The summed E-state index contributed by atoms with van der Waals surface area (Å²) in [6, 6.07) is 13.7. The van der Waals surface area contributed by atoms with Gasteiger partial charge in [0.2, 0.25) is 0 Å². The minimum atomic E-state index is -0.477.